The van der Waals surface area contributed by atoms with E-state index in [0.29, 0.717) is 6.04 Å². The lowest BCUT2D eigenvalue weighted by atomic mass is 10.2. The topological polar surface area (TPSA) is 29.3 Å². The van der Waals surface area contributed by atoms with Crippen molar-refractivity contribution < 1.29 is 0 Å². The fourth-order valence-corrected chi connectivity index (χ4v) is 2.02. The molecule has 0 aromatic heterocycles. The van der Waals surface area contributed by atoms with Crippen molar-refractivity contribution in [3.05, 3.63) is 0 Å². The molecule has 1 aliphatic carbocycles. The van der Waals surface area contributed by atoms with Gasteiger partial charge in [-0.15, -0.1) is 0 Å². The maximum Gasteiger partial charge on any atom is 0.0460 e. The highest BCUT2D eigenvalue weighted by molar-refractivity contribution is 4.78. The van der Waals surface area contributed by atoms with Gasteiger partial charge in [0.2, 0.25) is 0 Å². The summed E-state index contributed by atoms with van der Waals surface area (Å²) in [5, 5.41) is 0. The number of hydrogen-bond acceptors (Lipinski definition) is 2. The average molecular weight is 156 g/mol. The Morgan fingerprint density at radius 3 is 2.27 bits per heavy atom. The Bertz CT molecular complexity index is 106. The first-order valence-electron chi connectivity index (χ1n) is 4.71. The molecule has 1 saturated carbocycles. The van der Waals surface area contributed by atoms with Crippen molar-refractivity contribution in [2.24, 2.45) is 5.73 Å². The van der Waals surface area contributed by atoms with E-state index in [1.165, 1.54) is 25.7 Å². The Labute approximate surface area is 69.8 Å². The Kier molecular flexibility index (Phi) is 3.34. The highest BCUT2D eigenvalue weighted by Gasteiger charge is 2.22. The van der Waals surface area contributed by atoms with Crippen LogP contribution in [0, 0.1) is 0 Å². The predicted molar refractivity (Wildman–Crippen MR) is 48.3 cm³/mol. The van der Waals surface area contributed by atoms with Crippen molar-refractivity contribution in [3.63, 3.8) is 0 Å². The van der Waals surface area contributed by atoms with E-state index in [4.69, 9.17) is 5.73 Å². The molecule has 0 spiro atoms. The average Bonchev–Trinajstić information content (AvgIpc) is 2.40. The molecule has 0 saturated heterocycles. The summed E-state index contributed by atoms with van der Waals surface area (Å²) in [6, 6.07) is 1.39. The standard InChI is InChI=1S/C9H20N2/c1-8(2)11(7-10)9-5-3-4-6-9/h8-9H,3-7,10H2,1-2H3. The zero-order valence-corrected chi connectivity index (χ0v) is 7.71. The second kappa shape index (κ2) is 4.07. The smallest absolute Gasteiger partial charge is 0.0460 e. The summed E-state index contributed by atoms with van der Waals surface area (Å²) in [6.07, 6.45) is 5.51. The van der Waals surface area contributed by atoms with E-state index < -0.39 is 0 Å². The largest absolute Gasteiger partial charge is 0.318 e. The van der Waals surface area contributed by atoms with Gasteiger partial charge in [-0.05, 0) is 26.7 Å². The lowest BCUT2D eigenvalue weighted by Crippen LogP contribution is -2.42. The monoisotopic (exact) mass is 156 g/mol. The summed E-state index contributed by atoms with van der Waals surface area (Å²) in [5.74, 6) is 0. The van der Waals surface area contributed by atoms with Gasteiger partial charge in [0.1, 0.15) is 0 Å². The molecule has 0 aliphatic heterocycles. The third kappa shape index (κ3) is 2.17. The van der Waals surface area contributed by atoms with Crippen LogP contribution in [0.15, 0.2) is 0 Å². The van der Waals surface area contributed by atoms with Gasteiger partial charge in [-0.1, -0.05) is 12.8 Å². The van der Waals surface area contributed by atoms with E-state index in [2.05, 4.69) is 18.7 Å². The molecule has 2 N–H and O–H groups in total. The summed E-state index contributed by atoms with van der Waals surface area (Å²) < 4.78 is 0. The van der Waals surface area contributed by atoms with Crippen LogP contribution in [0.3, 0.4) is 0 Å². The molecular formula is C9H20N2. The van der Waals surface area contributed by atoms with Gasteiger partial charge in [0.15, 0.2) is 0 Å². The van der Waals surface area contributed by atoms with Crippen LogP contribution >= 0.6 is 0 Å². The molecule has 11 heavy (non-hydrogen) atoms. The summed E-state index contributed by atoms with van der Waals surface area (Å²) in [6.45, 7) is 5.18. The number of nitrogens with zero attached hydrogens (tertiary/aromatic N) is 1. The fraction of sp³-hybridized carbons (Fsp3) is 1.00. The molecule has 0 unspecified atom stereocenters. The molecule has 1 fully saturated rings. The van der Waals surface area contributed by atoms with Gasteiger partial charge in [0.05, 0.1) is 0 Å². The van der Waals surface area contributed by atoms with Crippen LogP contribution in [0.1, 0.15) is 39.5 Å². The predicted octanol–water partition coefficient (Wildman–Crippen LogP) is 1.56. The second-order valence-corrected chi connectivity index (χ2v) is 3.73. The van der Waals surface area contributed by atoms with Gasteiger partial charge in [0.25, 0.3) is 0 Å². The highest BCUT2D eigenvalue weighted by Crippen LogP contribution is 2.23. The first kappa shape index (κ1) is 9.01. The Balaban J connectivity index is 2.40. The van der Waals surface area contributed by atoms with Crippen LogP contribution in [0.5, 0.6) is 0 Å². The molecule has 0 radical (unpaired) electrons. The van der Waals surface area contributed by atoms with Crippen molar-refractivity contribution in [1.82, 2.24) is 4.90 Å². The van der Waals surface area contributed by atoms with Crippen molar-refractivity contribution in [2.45, 2.75) is 51.6 Å². The molecule has 0 aromatic rings. The second-order valence-electron chi connectivity index (χ2n) is 3.73. The SMILES string of the molecule is CC(C)N(CN)C1CCCC1. The van der Waals surface area contributed by atoms with Crippen LogP contribution < -0.4 is 5.73 Å². The quantitative estimate of drug-likeness (QED) is 0.628. The molecule has 0 aromatic carbocycles. The normalized spacial score (nSPS) is 20.5. The third-order valence-electron chi connectivity index (χ3n) is 2.67. The van der Waals surface area contributed by atoms with Gasteiger partial charge >= 0.3 is 0 Å². The number of rotatable bonds is 3. The first-order valence-corrected chi connectivity index (χ1v) is 4.71. The van der Waals surface area contributed by atoms with E-state index in [1.54, 1.807) is 0 Å². The minimum absolute atomic E-state index is 0.614. The molecule has 2 heteroatoms. The third-order valence-corrected chi connectivity index (χ3v) is 2.67. The highest BCUT2D eigenvalue weighted by atomic mass is 15.2. The van der Waals surface area contributed by atoms with Crippen molar-refractivity contribution in [2.75, 3.05) is 6.67 Å². The molecule has 1 aliphatic rings. The van der Waals surface area contributed by atoms with Gasteiger partial charge in [-0.25, -0.2) is 0 Å². The van der Waals surface area contributed by atoms with Crippen LogP contribution in [-0.2, 0) is 0 Å². The summed E-state index contributed by atoms with van der Waals surface area (Å²) in [5.41, 5.74) is 5.68. The zero-order chi connectivity index (χ0) is 8.27. The van der Waals surface area contributed by atoms with Crippen LogP contribution in [0.2, 0.25) is 0 Å². The Hall–Kier alpha value is -0.0800. The van der Waals surface area contributed by atoms with Crippen molar-refractivity contribution >= 4 is 0 Å². The molecule has 66 valence electrons. The molecule has 2 nitrogen and oxygen atoms in total. The fourth-order valence-electron chi connectivity index (χ4n) is 2.02. The minimum Gasteiger partial charge on any atom is -0.318 e. The number of hydrogen-bond donors (Lipinski definition) is 1. The van der Waals surface area contributed by atoms with E-state index in [1.807, 2.05) is 0 Å². The first-order chi connectivity index (χ1) is 5.25. The van der Waals surface area contributed by atoms with E-state index in [0.717, 1.165) is 12.7 Å². The van der Waals surface area contributed by atoms with Crippen LogP contribution in [0.4, 0.5) is 0 Å². The van der Waals surface area contributed by atoms with Gasteiger partial charge in [-0.2, -0.15) is 0 Å². The molecule has 1 rings (SSSR count). The van der Waals surface area contributed by atoms with Gasteiger partial charge in [-0.3, -0.25) is 4.90 Å². The van der Waals surface area contributed by atoms with E-state index in [-0.39, 0.29) is 0 Å². The maximum absolute atomic E-state index is 5.68. The lowest BCUT2D eigenvalue weighted by molar-refractivity contribution is 0.160. The van der Waals surface area contributed by atoms with Gasteiger partial charge < -0.3 is 5.73 Å². The molecule has 0 amide bonds. The lowest BCUT2D eigenvalue weighted by Gasteiger charge is -2.30. The minimum atomic E-state index is 0.614. The van der Waals surface area contributed by atoms with Crippen molar-refractivity contribution in [1.29, 1.82) is 0 Å². The Morgan fingerprint density at radius 1 is 1.36 bits per heavy atom. The summed E-state index contributed by atoms with van der Waals surface area (Å²) in [7, 11) is 0. The Morgan fingerprint density at radius 2 is 1.91 bits per heavy atom. The van der Waals surface area contributed by atoms with E-state index in [9.17, 15) is 0 Å². The summed E-state index contributed by atoms with van der Waals surface area (Å²) in [4.78, 5) is 2.41. The van der Waals surface area contributed by atoms with Crippen LogP contribution in [-0.4, -0.2) is 23.7 Å². The van der Waals surface area contributed by atoms with Gasteiger partial charge in [0, 0.05) is 18.8 Å². The molecule has 0 atom stereocenters. The maximum atomic E-state index is 5.68. The van der Waals surface area contributed by atoms with Crippen molar-refractivity contribution in [3.8, 4) is 0 Å². The van der Waals surface area contributed by atoms with Crippen LogP contribution in [0.25, 0.3) is 0 Å². The molecular weight excluding hydrogens is 136 g/mol. The summed E-state index contributed by atoms with van der Waals surface area (Å²) >= 11 is 0. The molecule has 0 bridgehead atoms. The zero-order valence-electron chi connectivity index (χ0n) is 7.71. The molecule has 0 heterocycles. The van der Waals surface area contributed by atoms with E-state index >= 15 is 0 Å². The number of nitrogens with two attached hydrogens (primary N) is 1.